The Bertz CT molecular complexity index is 492. The molecule has 0 aromatic rings. The van der Waals surface area contributed by atoms with Crippen molar-refractivity contribution in [3.05, 3.63) is 0 Å². The molecule has 0 aromatic heterocycles. The number of hydrogen-bond acceptors (Lipinski definition) is 4. The maximum absolute atomic E-state index is 12.7. The normalized spacial score (nSPS) is 30.5. The monoisotopic (exact) mass is 389 g/mol. The molecule has 0 spiro atoms. The summed E-state index contributed by atoms with van der Waals surface area (Å²) in [4.78, 5) is 26.8. The van der Waals surface area contributed by atoms with Crippen LogP contribution >= 0.6 is 15.9 Å². The number of alkyl halides is 1. The summed E-state index contributed by atoms with van der Waals surface area (Å²) in [6.45, 7) is 12.1. The molecule has 0 atom stereocenters. The molecule has 2 saturated heterocycles. The third kappa shape index (κ3) is 4.01. The topological polar surface area (TPSA) is 55.8 Å². The van der Waals surface area contributed by atoms with Gasteiger partial charge in [-0.15, -0.1) is 0 Å². The smallest absolute Gasteiger partial charge is 0.410 e. The van der Waals surface area contributed by atoms with Crippen LogP contribution in [0.25, 0.3) is 0 Å². The second kappa shape index (κ2) is 5.64. The van der Waals surface area contributed by atoms with Gasteiger partial charge >= 0.3 is 12.1 Å². The van der Waals surface area contributed by atoms with Gasteiger partial charge in [0.25, 0.3) is 0 Å². The molecule has 2 heterocycles. The van der Waals surface area contributed by atoms with E-state index < -0.39 is 16.6 Å². The zero-order chi connectivity index (χ0) is 17.7. The minimum atomic E-state index is -0.587. The van der Waals surface area contributed by atoms with E-state index in [2.05, 4.69) is 15.9 Å². The molecule has 2 aliphatic heterocycles. The van der Waals surface area contributed by atoms with Gasteiger partial charge in [-0.3, -0.25) is 4.79 Å². The van der Waals surface area contributed by atoms with Crippen LogP contribution in [0.2, 0.25) is 0 Å². The average molecular weight is 390 g/mol. The summed E-state index contributed by atoms with van der Waals surface area (Å²) in [5.74, 6) is -0.199. The number of hydrogen-bond donors (Lipinski definition) is 0. The van der Waals surface area contributed by atoms with Crippen LogP contribution in [0.15, 0.2) is 0 Å². The molecule has 6 heteroatoms. The number of piperidine rings is 2. The molecule has 0 aromatic carbocycles. The molecule has 5 nitrogen and oxygen atoms in total. The van der Waals surface area contributed by atoms with E-state index in [0.717, 1.165) is 18.2 Å². The molecule has 0 unspecified atom stereocenters. The predicted octanol–water partition coefficient (Wildman–Crippen LogP) is 3.74. The number of amides is 1. The van der Waals surface area contributed by atoms with Crippen molar-refractivity contribution in [3.8, 4) is 0 Å². The van der Waals surface area contributed by atoms with Crippen molar-refractivity contribution in [2.75, 3.05) is 18.4 Å². The molecule has 132 valence electrons. The lowest BCUT2D eigenvalue weighted by molar-refractivity contribution is -0.196. The first-order valence-electron chi connectivity index (χ1n) is 8.07. The molecule has 1 amide bonds. The first kappa shape index (κ1) is 18.6. The fourth-order valence-electron chi connectivity index (χ4n) is 3.62. The van der Waals surface area contributed by atoms with Crippen LogP contribution in [0, 0.1) is 10.8 Å². The third-order valence-corrected chi connectivity index (χ3v) is 5.40. The minimum absolute atomic E-state index is 0.0495. The van der Waals surface area contributed by atoms with E-state index in [1.807, 2.05) is 41.5 Å². The number of ether oxygens (including phenoxy) is 2. The second-order valence-corrected chi connectivity index (χ2v) is 9.67. The van der Waals surface area contributed by atoms with Crippen LogP contribution in [0.3, 0.4) is 0 Å². The summed E-state index contributed by atoms with van der Waals surface area (Å²) in [7, 11) is 0. The number of esters is 1. The molecule has 1 saturated carbocycles. The van der Waals surface area contributed by atoms with Gasteiger partial charge in [-0.2, -0.15) is 0 Å². The first-order chi connectivity index (χ1) is 10.3. The fraction of sp³-hybridized carbons (Fsp3) is 0.882. The minimum Gasteiger partial charge on any atom is -0.459 e. The Kier molecular flexibility index (Phi) is 4.55. The fourth-order valence-corrected chi connectivity index (χ4v) is 4.19. The summed E-state index contributed by atoms with van der Waals surface area (Å²) in [6.07, 6.45) is 1.18. The van der Waals surface area contributed by atoms with Crippen molar-refractivity contribution in [2.45, 2.75) is 65.6 Å². The highest BCUT2D eigenvalue weighted by Gasteiger charge is 2.65. The van der Waals surface area contributed by atoms with E-state index in [0.29, 0.717) is 13.1 Å². The number of nitrogens with zero attached hydrogens (tertiary/aromatic N) is 1. The van der Waals surface area contributed by atoms with Gasteiger partial charge in [-0.05, 0) is 54.4 Å². The highest BCUT2D eigenvalue weighted by Crippen LogP contribution is 2.60. The Balaban J connectivity index is 2.15. The molecule has 1 aliphatic carbocycles. The van der Waals surface area contributed by atoms with Gasteiger partial charge in [-0.25, -0.2) is 4.79 Å². The number of halogens is 1. The van der Waals surface area contributed by atoms with Gasteiger partial charge in [0.1, 0.15) is 11.2 Å². The summed E-state index contributed by atoms with van der Waals surface area (Å²) in [6, 6.07) is 0. The maximum atomic E-state index is 12.7. The lowest BCUT2D eigenvalue weighted by Gasteiger charge is -2.61. The zero-order valence-electron chi connectivity index (χ0n) is 15.0. The van der Waals surface area contributed by atoms with Crippen molar-refractivity contribution in [2.24, 2.45) is 10.8 Å². The van der Waals surface area contributed by atoms with Crippen LogP contribution < -0.4 is 0 Å². The van der Waals surface area contributed by atoms with Crippen molar-refractivity contribution in [1.82, 2.24) is 4.90 Å². The van der Waals surface area contributed by atoms with E-state index in [4.69, 9.17) is 9.47 Å². The van der Waals surface area contributed by atoms with E-state index >= 15 is 0 Å². The van der Waals surface area contributed by atoms with Crippen molar-refractivity contribution < 1.29 is 19.1 Å². The molecule has 23 heavy (non-hydrogen) atoms. The van der Waals surface area contributed by atoms with Crippen molar-refractivity contribution in [3.63, 3.8) is 0 Å². The van der Waals surface area contributed by atoms with Crippen molar-refractivity contribution >= 4 is 28.0 Å². The van der Waals surface area contributed by atoms with Crippen LogP contribution in [0.1, 0.15) is 54.4 Å². The lowest BCUT2D eigenvalue weighted by atomic mass is 9.50. The zero-order valence-corrected chi connectivity index (χ0v) is 16.6. The largest absolute Gasteiger partial charge is 0.459 e. The number of rotatable bonds is 2. The van der Waals surface area contributed by atoms with Crippen LogP contribution in [0.4, 0.5) is 4.79 Å². The quantitative estimate of drug-likeness (QED) is 0.533. The van der Waals surface area contributed by atoms with Crippen LogP contribution in [-0.2, 0) is 14.3 Å². The standard InChI is InChI=1S/C17H28BrNO4/c1-14(2,3)22-12(20)17-7-16(8-17,9-18)10-19(11-17)13(21)23-15(4,5)6/h7-11H2,1-6H3. The molecular weight excluding hydrogens is 362 g/mol. The molecule has 3 aliphatic rings. The Morgan fingerprint density at radius 1 is 1.00 bits per heavy atom. The van der Waals surface area contributed by atoms with Crippen LogP contribution in [0.5, 0.6) is 0 Å². The van der Waals surface area contributed by atoms with E-state index in [9.17, 15) is 9.59 Å². The molecule has 0 N–H and O–H groups in total. The molecule has 0 radical (unpaired) electrons. The highest BCUT2D eigenvalue weighted by molar-refractivity contribution is 9.09. The van der Waals surface area contributed by atoms with Gasteiger partial charge in [0.05, 0.1) is 5.41 Å². The molecule has 3 fully saturated rings. The Hall–Kier alpha value is -0.780. The summed E-state index contributed by atoms with van der Waals surface area (Å²) in [5.41, 5.74) is -1.70. The van der Waals surface area contributed by atoms with Crippen molar-refractivity contribution in [1.29, 1.82) is 0 Å². The molecule has 3 rings (SSSR count). The summed E-state index contributed by atoms with van der Waals surface area (Å²) in [5, 5.41) is 0.768. The summed E-state index contributed by atoms with van der Waals surface area (Å²) >= 11 is 3.55. The number of carbonyl (C=O) groups is 2. The van der Waals surface area contributed by atoms with Gasteiger partial charge in [0, 0.05) is 23.8 Å². The van der Waals surface area contributed by atoms with Gasteiger partial charge in [-0.1, -0.05) is 15.9 Å². The Morgan fingerprint density at radius 2 is 1.52 bits per heavy atom. The average Bonchev–Trinajstić information content (AvgIpc) is 2.33. The van der Waals surface area contributed by atoms with Crippen LogP contribution in [-0.4, -0.2) is 46.6 Å². The Labute approximate surface area is 147 Å². The first-order valence-corrected chi connectivity index (χ1v) is 9.19. The second-order valence-electron chi connectivity index (χ2n) is 9.11. The third-order valence-electron chi connectivity index (χ3n) is 4.21. The summed E-state index contributed by atoms with van der Waals surface area (Å²) < 4.78 is 11.1. The number of fused-ring (bicyclic) bond motifs is 2. The van der Waals surface area contributed by atoms with Gasteiger partial charge in [0.2, 0.25) is 0 Å². The van der Waals surface area contributed by atoms with E-state index in [-0.39, 0.29) is 17.5 Å². The maximum Gasteiger partial charge on any atom is 0.410 e. The van der Waals surface area contributed by atoms with E-state index in [1.54, 1.807) is 4.90 Å². The molecule has 2 bridgehead atoms. The SMILES string of the molecule is CC(C)(C)OC(=O)N1CC2(CBr)CC(C(=O)OC(C)(C)C)(C1)C2. The lowest BCUT2D eigenvalue weighted by Crippen LogP contribution is -2.68. The van der Waals surface area contributed by atoms with Gasteiger partial charge in [0.15, 0.2) is 0 Å². The van der Waals surface area contributed by atoms with E-state index in [1.165, 1.54) is 0 Å². The predicted molar refractivity (Wildman–Crippen MR) is 91.5 cm³/mol. The molecular formula is C17H28BrNO4. The number of carbonyl (C=O) groups excluding carboxylic acids is 2. The highest BCUT2D eigenvalue weighted by atomic mass is 79.9. The Morgan fingerprint density at radius 3 is 1.96 bits per heavy atom. The van der Waals surface area contributed by atoms with Gasteiger partial charge < -0.3 is 14.4 Å².